The average Bonchev–Trinajstić information content (AvgIpc) is 2.90. The second kappa shape index (κ2) is 5.00. The first-order valence-electron chi connectivity index (χ1n) is 4.85. The molecule has 0 aliphatic rings. The Morgan fingerprint density at radius 2 is 2.47 bits per heavy atom. The Morgan fingerprint density at radius 1 is 1.65 bits per heavy atom. The molecule has 8 heteroatoms. The second-order valence-corrected chi connectivity index (χ2v) is 3.91. The fourth-order valence-corrected chi connectivity index (χ4v) is 1.73. The van der Waals surface area contributed by atoms with Gasteiger partial charge in [0.15, 0.2) is 10.9 Å². The van der Waals surface area contributed by atoms with E-state index in [4.69, 9.17) is 9.15 Å². The van der Waals surface area contributed by atoms with Gasteiger partial charge in [-0.25, -0.2) is 14.5 Å². The van der Waals surface area contributed by atoms with E-state index in [1.54, 1.807) is 18.7 Å². The Hall–Kier alpha value is -1.83. The summed E-state index contributed by atoms with van der Waals surface area (Å²) in [6.07, 6.45) is 2.69. The molecule has 2 heterocycles. The summed E-state index contributed by atoms with van der Waals surface area (Å²) < 4.78 is 11.5. The number of carbonyl (C=O) groups excluding carboxylic acids is 1. The van der Waals surface area contributed by atoms with Crippen molar-refractivity contribution in [3.63, 3.8) is 0 Å². The van der Waals surface area contributed by atoms with Crippen molar-refractivity contribution >= 4 is 17.7 Å². The summed E-state index contributed by atoms with van der Waals surface area (Å²) in [5.41, 5.74) is 0.150. The number of hydrogen-bond donors (Lipinski definition) is 0. The molecule has 0 radical (unpaired) electrons. The van der Waals surface area contributed by atoms with Gasteiger partial charge >= 0.3 is 5.97 Å². The number of aromatic nitrogens is 4. The number of rotatable bonds is 4. The van der Waals surface area contributed by atoms with E-state index in [1.807, 2.05) is 0 Å². The normalized spacial score (nSPS) is 10.5. The van der Waals surface area contributed by atoms with Crippen molar-refractivity contribution in [2.24, 2.45) is 7.05 Å². The van der Waals surface area contributed by atoms with Gasteiger partial charge in [0.25, 0.3) is 5.22 Å². The maximum absolute atomic E-state index is 11.3. The minimum Gasteiger partial charge on any atom is -0.461 e. The van der Waals surface area contributed by atoms with Gasteiger partial charge in [0, 0.05) is 18.8 Å². The average molecular weight is 254 g/mol. The van der Waals surface area contributed by atoms with Crippen LogP contribution in [0.2, 0.25) is 0 Å². The number of oxazole rings is 1. The van der Waals surface area contributed by atoms with Gasteiger partial charge in [-0.05, 0) is 6.92 Å². The Morgan fingerprint density at radius 3 is 3.12 bits per heavy atom. The van der Waals surface area contributed by atoms with E-state index < -0.39 is 5.97 Å². The van der Waals surface area contributed by atoms with Gasteiger partial charge in [0.05, 0.1) is 6.61 Å². The molecule has 90 valence electrons. The summed E-state index contributed by atoms with van der Waals surface area (Å²) in [6, 6.07) is 0. The molecule has 17 heavy (non-hydrogen) atoms. The van der Waals surface area contributed by atoms with E-state index in [9.17, 15) is 4.79 Å². The highest BCUT2D eigenvalue weighted by molar-refractivity contribution is 7.98. The van der Waals surface area contributed by atoms with Gasteiger partial charge in [0.1, 0.15) is 12.6 Å². The van der Waals surface area contributed by atoms with Crippen molar-refractivity contribution < 1.29 is 13.9 Å². The van der Waals surface area contributed by atoms with E-state index in [-0.39, 0.29) is 5.69 Å². The van der Waals surface area contributed by atoms with Crippen molar-refractivity contribution in [1.29, 1.82) is 0 Å². The molecule has 0 amide bonds. The van der Waals surface area contributed by atoms with E-state index in [2.05, 4.69) is 15.1 Å². The van der Waals surface area contributed by atoms with Crippen molar-refractivity contribution in [3.8, 4) is 0 Å². The van der Waals surface area contributed by atoms with Crippen molar-refractivity contribution in [1.82, 2.24) is 19.7 Å². The third kappa shape index (κ3) is 2.64. The summed E-state index contributed by atoms with van der Waals surface area (Å²) in [5, 5.41) is 4.86. The first-order valence-corrected chi connectivity index (χ1v) is 5.67. The van der Waals surface area contributed by atoms with Crippen LogP contribution in [0, 0.1) is 0 Å². The molecule has 0 aliphatic carbocycles. The first kappa shape index (κ1) is 11.6. The molecule has 7 nitrogen and oxygen atoms in total. The molecule has 0 saturated heterocycles. The molecule has 0 atom stereocenters. The molecule has 0 N–H and O–H groups in total. The van der Waals surface area contributed by atoms with Gasteiger partial charge in [-0.3, -0.25) is 0 Å². The van der Waals surface area contributed by atoms with Crippen molar-refractivity contribution in [2.45, 2.75) is 17.3 Å². The van der Waals surface area contributed by atoms with Crippen LogP contribution in [0.5, 0.6) is 0 Å². The highest BCUT2D eigenvalue weighted by Gasteiger charge is 2.15. The number of nitrogens with zero attached hydrogens (tertiary/aromatic N) is 4. The van der Waals surface area contributed by atoms with Crippen molar-refractivity contribution in [2.75, 3.05) is 6.61 Å². The van der Waals surface area contributed by atoms with Crippen LogP contribution in [-0.2, 0) is 11.8 Å². The minimum atomic E-state index is -0.499. The van der Waals surface area contributed by atoms with E-state index in [1.165, 1.54) is 24.4 Å². The number of hydrogen-bond acceptors (Lipinski definition) is 7. The lowest BCUT2D eigenvalue weighted by molar-refractivity contribution is 0.0519. The molecule has 0 aliphatic heterocycles. The van der Waals surface area contributed by atoms with Gasteiger partial charge < -0.3 is 9.15 Å². The predicted octanol–water partition coefficient (Wildman–Crippen LogP) is 1.13. The van der Waals surface area contributed by atoms with Gasteiger partial charge in [-0.15, -0.1) is 0 Å². The predicted molar refractivity (Wildman–Crippen MR) is 57.6 cm³/mol. The fourth-order valence-electron chi connectivity index (χ4n) is 1.06. The summed E-state index contributed by atoms with van der Waals surface area (Å²) >= 11 is 1.18. The minimum absolute atomic E-state index is 0.150. The number of aryl methyl sites for hydroxylation is 1. The quantitative estimate of drug-likeness (QED) is 0.756. The molecule has 0 spiro atoms. The summed E-state index contributed by atoms with van der Waals surface area (Å²) in [7, 11) is 1.75. The fraction of sp³-hybridized carbons (Fsp3) is 0.333. The number of esters is 1. The monoisotopic (exact) mass is 254 g/mol. The molecule has 2 aromatic rings. The van der Waals surface area contributed by atoms with Crippen LogP contribution in [0.3, 0.4) is 0 Å². The van der Waals surface area contributed by atoms with Crippen LogP contribution in [0.1, 0.15) is 17.4 Å². The van der Waals surface area contributed by atoms with Crippen LogP contribution in [0.4, 0.5) is 0 Å². The standard InChI is InChI=1S/C9H10N4O3S/c1-3-15-7(14)6-4-16-9(12-6)17-8-10-5-11-13(8)2/h4-5H,3H2,1-2H3. The highest BCUT2D eigenvalue weighted by Crippen LogP contribution is 2.24. The number of carbonyl (C=O) groups is 1. The zero-order valence-electron chi connectivity index (χ0n) is 9.28. The number of ether oxygens (including phenoxy) is 1. The molecule has 0 fully saturated rings. The van der Waals surface area contributed by atoms with Crippen LogP contribution in [0.15, 0.2) is 27.4 Å². The molecular weight excluding hydrogens is 244 g/mol. The molecule has 0 bridgehead atoms. The largest absolute Gasteiger partial charge is 0.461 e. The van der Waals surface area contributed by atoms with Crippen LogP contribution >= 0.6 is 11.8 Å². The lowest BCUT2D eigenvalue weighted by Crippen LogP contribution is -2.04. The van der Waals surface area contributed by atoms with Crippen LogP contribution in [0.25, 0.3) is 0 Å². The molecule has 0 saturated carbocycles. The van der Waals surface area contributed by atoms with E-state index >= 15 is 0 Å². The molecule has 0 unspecified atom stereocenters. The smallest absolute Gasteiger partial charge is 0.360 e. The summed E-state index contributed by atoms with van der Waals surface area (Å²) in [6.45, 7) is 2.03. The van der Waals surface area contributed by atoms with Crippen LogP contribution < -0.4 is 0 Å². The zero-order chi connectivity index (χ0) is 12.3. The SMILES string of the molecule is CCOC(=O)c1coc(Sc2ncnn2C)n1. The van der Waals surface area contributed by atoms with E-state index in [0.29, 0.717) is 17.0 Å². The highest BCUT2D eigenvalue weighted by atomic mass is 32.2. The maximum atomic E-state index is 11.3. The molecule has 2 aromatic heterocycles. The van der Waals surface area contributed by atoms with Crippen molar-refractivity contribution in [3.05, 3.63) is 18.3 Å². The third-order valence-electron chi connectivity index (χ3n) is 1.82. The topological polar surface area (TPSA) is 83.0 Å². The lowest BCUT2D eigenvalue weighted by Gasteiger charge is -1.95. The Labute approximate surface area is 101 Å². The van der Waals surface area contributed by atoms with Crippen LogP contribution in [-0.4, -0.2) is 32.3 Å². The summed E-state index contributed by atoms with van der Waals surface area (Å²) in [5.74, 6) is -0.499. The molecule has 2 rings (SSSR count). The van der Waals surface area contributed by atoms with Gasteiger partial charge in [-0.2, -0.15) is 10.1 Å². The maximum Gasteiger partial charge on any atom is 0.360 e. The molecular formula is C9H10N4O3S. The molecule has 0 aromatic carbocycles. The first-order chi connectivity index (χ1) is 8.20. The third-order valence-corrected chi connectivity index (χ3v) is 2.73. The zero-order valence-corrected chi connectivity index (χ0v) is 10.1. The van der Waals surface area contributed by atoms with E-state index in [0.717, 1.165) is 0 Å². The Kier molecular flexibility index (Phi) is 3.43. The Balaban J connectivity index is 2.09. The Bertz CT molecular complexity index is 522. The summed E-state index contributed by atoms with van der Waals surface area (Å²) in [4.78, 5) is 19.3. The second-order valence-electron chi connectivity index (χ2n) is 2.99. The van der Waals surface area contributed by atoms with Gasteiger partial charge in [0.2, 0.25) is 0 Å². The van der Waals surface area contributed by atoms with Gasteiger partial charge in [-0.1, -0.05) is 0 Å². The lowest BCUT2D eigenvalue weighted by atomic mass is 10.5.